The molecule has 1 aromatic carbocycles. The molecule has 0 heterocycles. The molecule has 0 bridgehead atoms. The Hall–Kier alpha value is -1.50. The van der Waals surface area contributed by atoms with E-state index in [9.17, 15) is 5.11 Å². The number of aromatic hydroxyl groups is 1. The van der Waals surface area contributed by atoms with E-state index in [1.54, 1.807) is 0 Å². The maximum atomic E-state index is 9.93. The summed E-state index contributed by atoms with van der Waals surface area (Å²) in [5.74, 6) is 0.388. The molecule has 0 amide bonds. The Morgan fingerprint density at radius 1 is 1.27 bits per heavy atom. The van der Waals surface area contributed by atoms with Crippen molar-refractivity contribution in [3.63, 3.8) is 0 Å². The lowest BCUT2D eigenvalue weighted by Crippen LogP contribution is -1.87. The van der Waals surface area contributed by atoms with Crippen molar-refractivity contribution in [1.82, 2.24) is 0 Å². The molecule has 0 saturated heterocycles. The molecule has 15 heavy (non-hydrogen) atoms. The molecule has 0 spiro atoms. The van der Waals surface area contributed by atoms with Crippen molar-refractivity contribution >= 4 is 5.57 Å². The number of allylic oxidation sites excluding steroid dienone is 4. The third kappa shape index (κ3) is 2.72. The number of rotatable bonds is 2. The summed E-state index contributed by atoms with van der Waals surface area (Å²) in [5.41, 5.74) is 4.11. The highest BCUT2D eigenvalue weighted by molar-refractivity contribution is 5.71. The van der Waals surface area contributed by atoms with E-state index < -0.39 is 0 Å². The number of phenols is 1. The van der Waals surface area contributed by atoms with E-state index in [4.69, 9.17) is 0 Å². The summed E-state index contributed by atoms with van der Waals surface area (Å²) in [6.07, 6.45) is 5.96. The summed E-state index contributed by atoms with van der Waals surface area (Å²) in [7, 11) is 0. The van der Waals surface area contributed by atoms with E-state index in [-0.39, 0.29) is 0 Å². The van der Waals surface area contributed by atoms with Gasteiger partial charge in [0.2, 0.25) is 0 Å². The number of aryl methyl sites for hydroxylation is 2. The summed E-state index contributed by atoms with van der Waals surface area (Å²) < 4.78 is 0. The first-order valence-corrected chi connectivity index (χ1v) is 5.16. The third-order valence-electron chi connectivity index (χ3n) is 2.41. The second kappa shape index (κ2) is 4.83. The fourth-order valence-electron chi connectivity index (χ4n) is 1.59. The number of hydrogen-bond acceptors (Lipinski definition) is 1. The van der Waals surface area contributed by atoms with Crippen LogP contribution in [0.15, 0.2) is 30.4 Å². The SMILES string of the molecule is CC=CC=C(C)c1cc(C)cc(C)c1O. The Morgan fingerprint density at radius 2 is 1.93 bits per heavy atom. The van der Waals surface area contributed by atoms with E-state index in [1.807, 2.05) is 58.1 Å². The third-order valence-corrected chi connectivity index (χ3v) is 2.41. The van der Waals surface area contributed by atoms with Crippen molar-refractivity contribution < 1.29 is 5.11 Å². The summed E-state index contributed by atoms with van der Waals surface area (Å²) in [5, 5.41) is 9.93. The standard InChI is InChI=1S/C14H18O/c1-5-6-7-11(3)13-9-10(2)8-12(4)14(13)15/h5-9,15H,1-4H3. The Labute approximate surface area is 91.8 Å². The van der Waals surface area contributed by atoms with E-state index >= 15 is 0 Å². The minimum atomic E-state index is 0.388. The van der Waals surface area contributed by atoms with Crippen LogP contribution in [0, 0.1) is 13.8 Å². The van der Waals surface area contributed by atoms with Crippen LogP contribution in [0.3, 0.4) is 0 Å². The minimum Gasteiger partial charge on any atom is -0.507 e. The summed E-state index contributed by atoms with van der Waals surface area (Å²) in [4.78, 5) is 0. The van der Waals surface area contributed by atoms with Crippen LogP contribution in [0.2, 0.25) is 0 Å². The zero-order chi connectivity index (χ0) is 11.4. The molecule has 1 aromatic rings. The Morgan fingerprint density at radius 3 is 2.53 bits per heavy atom. The van der Waals surface area contributed by atoms with Gasteiger partial charge in [0, 0.05) is 5.56 Å². The van der Waals surface area contributed by atoms with Gasteiger partial charge in [-0.25, -0.2) is 0 Å². The highest BCUT2D eigenvalue weighted by Gasteiger charge is 2.06. The maximum absolute atomic E-state index is 9.93. The molecule has 1 rings (SSSR count). The van der Waals surface area contributed by atoms with Gasteiger partial charge in [-0.1, -0.05) is 24.3 Å². The molecule has 0 aliphatic heterocycles. The highest BCUT2D eigenvalue weighted by Crippen LogP contribution is 2.29. The fraction of sp³-hybridized carbons (Fsp3) is 0.286. The quantitative estimate of drug-likeness (QED) is 0.719. The lowest BCUT2D eigenvalue weighted by atomic mass is 10.00. The number of phenolic OH excluding ortho intramolecular Hbond substituents is 1. The highest BCUT2D eigenvalue weighted by atomic mass is 16.3. The predicted molar refractivity (Wildman–Crippen MR) is 66.0 cm³/mol. The van der Waals surface area contributed by atoms with Crippen molar-refractivity contribution in [2.45, 2.75) is 27.7 Å². The predicted octanol–water partition coefficient (Wildman–Crippen LogP) is 3.99. The number of hydrogen-bond donors (Lipinski definition) is 1. The lowest BCUT2D eigenvalue weighted by Gasteiger charge is -2.08. The van der Waals surface area contributed by atoms with Gasteiger partial charge in [-0.2, -0.15) is 0 Å². The molecule has 0 unspecified atom stereocenters. The van der Waals surface area contributed by atoms with Gasteiger partial charge in [-0.15, -0.1) is 0 Å². The Kier molecular flexibility index (Phi) is 3.73. The van der Waals surface area contributed by atoms with Crippen LogP contribution in [-0.2, 0) is 0 Å². The van der Waals surface area contributed by atoms with Crippen LogP contribution < -0.4 is 0 Å². The molecule has 1 N–H and O–H groups in total. The second-order valence-corrected chi connectivity index (χ2v) is 3.85. The van der Waals surface area contributed by atoms with Gasteiger partial charge >= 0.3 is 0 Å². The molecule has 0 aromatic heterocycles. The van der Waals surface area contributed by atoms with Crippen LogP contribution >= 0.6 is 0 Å². The van der Waals surface area contributed by atoms with E-state index in [2.05, 4.69) is 0 Å². The molecule has 0 atom stereocenters. The lowest BCUT2D eigenvalue weighted by molar-refractivity contribution is 0.469. The van der Waals surface area contributed by atoms with Gasteiger partial charge in [-0.05, 0) is 50.5 Å². The van der Waals surface area contributed by atoms with E-state index in [1.165, 1.54) is 5.56 Å². The van der Waals surface area contributed by atoms with Gasteiger partial charge in [0.05, 0.1) is 0 Å². The van der Waals surface area contributed by atoms with Gasteiger partial charge in [-0.3, -0.25) is 0 Å². The first-order valence-electron chi connectivity index (χ1n) is 5.16. The van der Waals surface area contributed by atoms with Crippen molar-refractivity contribution in [3.8, 4) is 5.75 Å². The summed E-state index contributed by atoms with van der Waals surface area (Å²) >= 11 is 0. The average molecular weight is 202 g/mol. The van der Waals surface area contributed by atoms with Crippen molar-refractivity contribution in [2.24, 2.45) is 0 Å². The molecular weight excluding hydrogens is 184 g/mol. The first-order chi connectivity index (χ1) is 7.06. The van der Waals surface area contributed by atoms with Gasteiger partial charge in [0.15, 0.2) is 0 Å². The number of benzene rings is 1. The van der Waals surface area contributed by atoms with Crippen molar-refractivity contribution in [2.75, 3.05) is 0 Å². The molecule has 0 radical (unpaired) electrons. The molecule has 1 heteroatoms. The second-order valence-electron chi connectivity index (χ2n) is 3.85. The zero-order valence-corrected chi connectivity index (χ0v) is 9.83. The monoisotopic (exact) mass is 202 g/mol. The van der Waals surface area contributed by atoms with Crippen LogP contribution in [0.1, 0.15) is 30.5 Å². The van der Waals surface area contributed by atoms with Gasteiger partial charge < -0.3 is 5.11 Å². The first kappa shape index (κ1) is 11.6. The van der Waals surface area contributed by atoms with E-state index in [0.717, 1.165) is 16.7 Å². The van der Waals surface area contributed by atoms with Crippen molar-refractivity contribution in [1.29, 1.82) is 0 Å². The van der Waals surface area contributed by atoms with Crippen LogP contribution in [0.25, 0.3) is 5.57 Å². The summed E-state index contributed by atoms with van der Waals surface area (Å²) in [6, 6.07) is 4.00. The molecule has 80 valence electrons. The molecular formula is C14H18O. The normalized spacial score (nSPS) is 12.4. The van der Waals surface area contributed by atoms with Crippen molar-refractivity contribution in [3.05, 3.63) is 47.1 Å². The largest absolute Gasteiger partial charge is 0.507 e. The van der Waals surface area contributed by atoms with E-state index in [0.29, 0.717) is 5.75 Å². The van der Waals surface area contributed by atoms with Crippen LogP contribution in [0.4, 0.5) is 0 Å². The fourth-order valence-corrected chi connectivity index (χ4v) is 1.59. The molecule has 0 aliphatic rings. The molecule has 0 aliphatic carbocycles. The molecule has 0 fully saturated rings. The van der Waals surface area contributed by atoms with Gasteiger partial charge in [0.25, 0.3) is 0 Å². The Bertz CT molecular complexity index is 412. The Balaban J connectivity index is 3.25. The minimum absolute atomic E-state index is 0.388. The average Bonchev–Trinajstić information content (AvgIpc) is 2.19. The van der Waals surface area contributed by atoms with Crippen LogP contribution in [-0.4, -0.2) is 5.11 Å². The van der Waals surface area contributed by atoms with Crippen LogP contribution in [0.5, 0.6) is 5.75 Å². The maximum Gasteiger partial charge on any atom is 0.125 e. The summed E-state index contributed by atoms with van der Waals surface area (Å²) in [6.45, 7) is 7.95. The van der Waals surface area contributed by atoms with Gasteiger partial charge in [0.1, 0.15) is 5.75 Å². The topological polar surface area (TPSA) is 20.2 Å². The molecule has 0 saturated carbocycles. The zero-order valence-electron chi connectivity index (χ0n) is 9.83. The smallest absolute Gasteiger partial charge is 0.125 e. The molecule has 1 nitrogen and oxygen atoms in total.